The highest BCUT2D eigenvalue weighted by Crippen LogP contribution is 2.30. The van der Waals surface area contributed by atoms with E-state index in [-0.39, 0.29) is 32.2 Å². The monoisotopic (exact) mass is 741 g/mol. The molecule has 2 aliphatic heterocycles. The molecule has 4 N–H and O–H groups in total. The second kappa shape index (κ2) is 17.2. The zero-order valence-electron chi connectivity index (χ0n) is 29.2. The molecule has 4 amide bonds. The van der Waals surface area contributed by atoms with E-state index < -0.39 is 75.3 Å². The van der Waals surface area contributed by atoms with Crippen molar-refractivity contribution in [2.24, 2.45) is 5.92 Å². The highest BCUT2D eigenvalue weighted by atomic mass is 32.2. The summed E-state index contributed by atoms with van der Waals surface area (Å²) in [4.78, 5) is 53.9. The summed E-state index contributed by atoms with van der Waals surface area (Å²) in [5, 5.41) is 13.8. The largest absolute Gasteiger partial charge is 0.465 e. The Kier molecular flexibility index (Phi) is 13.6. The van der Waals surface area contributed by atoms with Crippen LogP contribution in [0.5, 0.6) is 0 Å². The van der Waals surface area contributed by atoms with Gasteiger partial charge in [0.2, 0.25) is 21.8 Å². The van der Waals surface area contributed by atoms with Gasteiger partial charge in [0.25, 0.3) is 5.91 Å². The first-order valence-corrected chi connectivity index (χ1v) is 19.3. The molecule has 2 heterocycles. The number of hydrogen-bond acceptors (Lipinski definition) is 7. The van der Waals surface area contributed by atoms with Crippen molar-refractivity contribution in [3.63, 3.8) is 0 Å². The van der Waals surface area contributed by atoms with E-state index in [9.17, 15) is 45.9 Å². The number of nitrogens with zero attached hydrogens (tertiary/aromatic N) is 2. The molecular weight excluding hydrogens is 691 g/mol. The van der Waals surface area contributed by atoms with Crippen LogP contribution in [0.4, 0.5) is 18.0 Å². The second-order valence-electron chi connectivity index (χ2n) is 14.1. The van der Waals surface area contributed by atoms with Crippen molar-refractivity contribution in [1.29, 1.82) is 0 Å². The Bertz CT molecular complexity index is 1550. The van der Waals surface area contributed by atoms with Crippen LogP contribution in [0.25, 0.3) is 0 Å². The summed E-state index contributed by atoms with van der Waals surface area (Å²) < 4.78 is 69.4. The van der Waals surface area contributed by atoms with E-state index in [1.54, 1.807) is 13.8 Å². The second-order valence-corrected chi connectivity index (χ2v) is 16.1. The van der Waals surface area contributed by atoms with Crippen molar-refractivity contribution in [2.75, 3.05) is 6.54 Å². The summed E-state index contributed by atoms with van der Waals surface area (Å²) >= 11 is 0. The topological polar surface area (TPSA) is 165 Å². The number of unbranched alkanes of at least 4 members (excludes halogenated alkanes) is 3. The standard InChI is InChI=1S/C35H50F3N5O7S/c1-4-11-27(31(44)41-51(49,50)25-17-18-25)39-32(45)28-15-10-19-43(28)33(46)30(22(2)3)40-29(35(36,37)38)16-8-6-5-7-12-23-13-9-14-24-20-42(34(47)48)21-26(23)24/h4,9,13-14,22,25,27-30,40H,1,5-8,10-12,15-21H2,2-3H3,(H,39,45)(H,41,44)(H,47,48)/t27?,28-,29?,30-/m0/s1. The average Bonchev–Trinajstić information content (AvgIpc) is 3.64. The minimum absolute atomic E-state index is 0.0678. The maximum Gasteiger partial charge on any atom is 0.407 e. The van der Waals surface area contributed by atoms with Gasteiger partial charge in [-0.2, -0.15) is 13.2 Å². The molecule has 4 rings (SSSR count). The van der Waals surface area contributed by atoms with Crippen LogP contribution >= 0.6 is 0 Å². The van der Waals surface area contributed by atoms with Crippen LogP contribution in [-0.2, 0) is 43.9 Å². The zero-order chi connectivity index (χ0) is 37.5. The summed E-state index contributed by atoms with van der Waals surface area (Å²) in [6, 6.07) is 0.293. The number of amides is 4. The summed E-state index contributed by atoms with van der Waals surface area (Å²) in [6.45, 7) is 7.66. The minimum atomic E-state index is -4.62. The third-order valence-electron chi connectivity index (χ3n) is 9.83. The summed E-state index contributed by atoms with van der Waals surface area (Å²) in [5.74, 6) is -2.80. The molecule has 1 aliphatic carbocycles. The fraction of sp³-hybridized carbons (Fsp3) is 0.657. The van der Waals surface area contributed by atoms with Crippen molar-refractivity contribution in [3.8, 4) is 0 Å². The van der Waals surface area contributed by atoms with E-state index in [1.165, 1.54) is 15.9 Å². The number of likely N-dealkylation sites (tertiary alicyclic amines) is 1. The number of aryl methyl sites for hydroxylation is 1. The number of carbonyl (C=O) groups excluding carboxylic acids is 3. The van der Waals surface area contributed by atoms with Crippen molar-refractivity contribution < 1.29 is 45.9 Å². The smallest absolute Gasteiger partial charge is 0.407 e. The van der Waals surface area contributed by atoms with E-state index in [1.807, 2.05) is 22.9 Å². The quantitative estimate of drug-likeness (QED) is 0.127. The number of halogens is 3. The van der Waals surface area contributed by atoms with Crippen LogP contribution in [0.3, 0.4) is 0 Å². The van der Waals surface area contributed by atoms with Gasteiger partial charge >= 0.3 is 12.3 Å². The number of carboxylic acid groups (broad SMARTS) is 1. The Morgan fingerprint density at radius 3 is 2.39 bits per heavy atom. The highest BCUT2D eigenvalue weighted by Gasteiger charge is 2.45. The molecule has 1 aromatic carbocycles. The van der Waals surface area contributed by atoms with Crippen LogP contribution in [0.1, 0.15) is 94.7 Å². The third-order valence-corrected chi connectivity index (χ3v) is 11.7. The summed E-state index contributed by atoms with van der Waals surface area (Å²) in [6.07, 6.45) is -0.0715. The van der Waals surface area contributed by atoms with Crippen LogP contribution in [0, 0.1) is 5.92 Å². The molecule has 4 atom stereocenters. The Morgan fingerprint density at radius 1 is 1.06 bits per heavy atom. The van der Waals surface area contributed by atoms with E-state index in [2.05, 4.69) is 17.2 Å². The molecule has 1 aromatic rings. The van der Waals surface area contributed by atoms with Crippen LogP contribution in [0.2, 0.25) is 0 Å². The number of benzene rings is 1. The molecule has 16 heteroatoms. The number of fused-ring (bicyclic) bond motifs is 1. The van der Waals surface area contributed by atoms with Crippen LogP contribution in [0.15, 0.2) is 30.9 Å². The average molecular weight is 742 g/mol. The van der Waals surface area contributed by atoms with Gasteiger partial charge in [-0.1, -0.05) is 57.4 Å². The van der Waals surface area contributed by atoms with E-state index >= 15 is 0 Å². The maximum atomic E-state index is 14.3. The van der Waals surface area contributed by atoms with Gasteiger partial charge in [-0.15, -0.1) is 6.58 Å². The van der Waals surface area contributed by atoms with Gasteiger partial charge in [-0.25, -0.2) is 13.2 Å². The fourth-order valence-electron chi connectivity index (χ4n) is 6.81. The molecule has 1 saturated carbocycles. The van der Waals surface area contributed by atoms with Gasteiger partial charge in [0.15, 0.2) is 0 Å². The first-order valence-electron chi connectivity index (χ1n) is 17.7. The maximum absolute atomic E-state index is 14.3. The molecule has 1 saturated heterocycles. The SMILES string of the molecule is C=CCC(NC(=O)[C@@H]1CCCN1C(=O)[C@@H](NC(CCCCCCc1cccc2c1CN(C(=O)O)C2)C(F)(F)F)C(C)C)C(=O)NS(=O)(=O)C1CC1. The van der Waals surface area contributed by atoms with Gasteiger partial charge in [-0.05, 0) is 74.0 Å². The predicted octanol–water partition coefficient (Wildman–Crippen LogP) is 4.38. The van der Waals surface area contributed by atoms with Crippen molar-refractivity contribution in [1.82, 2.24) is 25.2 Å². The van der Waals surface area contributed by atoms with E-state index in [4.69, 9.17) is 0 Å². The lowest BCUT2D eigenvalue weighted by Crippen LogP contribution is -2.59. The Hall–Kier alpha value is -3.66. The molecule has 0 radical (unpaired) electrons. The molecule has 3 aliphatic rings. The fourth-order valence-corrected chi connectivity index (χ4v) is 8.15. The Balaban J connectivity index is 1.31. The number of rotatable bonds is 18. The van der Waals surface area contributed by atoms with Gasteiger partial charge < -0.3 is 15.3 Å². The molecule has 12 nitrogen and oxygen atoms in total. The molecule has 0 spiro atoms. The summed E-state index contributed by atoms with van der Waals surface area (Å²) in [5.41, 5.74) is 3.04. The van der Waals surface area contributed by atoms with E-state index in [0.717, 1.165) is 23.1 Å². The number of hydrogen-bond donors (Lipinski definition) is 4. The van der Waals surface area contributed by atoms with Gasteiger partial charge in [0.05, 0.1) is 11.3 Å². The molecule has 0 bridgehead atoms. The number of nitrogens with one attached hydrogen (secondary N) is 3. The van der Waals surface area contributed by atoms with Crippen molar-refractivity contribution in [2.45, 2.75) is 133 Å². The lowest BCUT2D eigenvalue weighted by atomic mass is 9.97. The van der Waals surface area contributed by atoms with E-state index in [0.29, 0.717) is 51.6 Å². The lowest BCUT2D eigenvalue weighted by molar-refractivity contribution is -0.163. The molecular formula is C35H50F3N5O7S. The Morgan fingerprint density at radius 2 is 1.76 bits per heavy atom. The normalized spacial score (nSPS) is 19.4. The zero-order valence-corrected chi connectivity index (χ0v) is 30.0. The van der Waals surface area contributed by atoms with Gasteiger partial charge in [-0.3, -0.25) is 29.3 Å². The molecule has 0 aromatic heterocycles. The lowest BCUT2D eigenvalue weighted by Gasteiger charge is -2.34. The molecule has 284 valence electrons. The minimum Gasteiger partial charge on any atom is -0.465 e. The third kappa shape index (κ3) is 10.7. The summed E-state index contributed by atoms with van der Waals surface area (Å²) in [7, 11) is -3.87. The molecule has 2 fully saturated rings. The molecule has 2 unspecified atom stereocenters. The number of sulfonamides is 1. The van der Waals surface area contributed by atoms with Crippen molar-refractivity contribution in [3.05, 3.63) is 47.5 Å². The van der Waals surface area contributed by atoms with Crippen LogP contribution in [-0.4, -0.2) is 89.3 Å². The van der Waals surface area contributed by atoms with Gasteiger partial charge in [0, 0.05) is 19.6 Å². The highest BCUT2D eigenvalue weighted by molar-refractivity contribution is 7.90. The first-order chi connectivity index (χ1) is 24.0. The predicted molar refractivity (Wildman–Crippen MR) is 184 cm³/mol. The molecule has 51 heavy (non-hydrogen) atoms. The van der Waals surface area contributed by atoms with Crippen molar-refractivity contribution >= 4 is 33.8 Å². The number of carbonyl (C=O) groups is 4. The Labute approximate surface area is 297 Å². The first kappa shape index (κ1) is 40.1. The number of alkyl halides is 3. The van der Waals surface area contributed by atoms with Crippen LogP contribution < -0.4 is 15.4 Å². The van der Waals surface area contributed by atoms with Gasteiger partial charge in [0.1, 0.15) is 18.1 Å².